The summed E-state index contributed by atoms with van der Waals surface area (Å²) in [6.07, 6.45) is 3.85. The molecule has 0 saturated carbocycles. The van der Waals surface area contributed by atoms with Crippen molar-refractivity contribution >= 4 is 11.9 Å². The zero-order valence-corrected chi connectivity index (χ0v) is 12.1. The molecular weight excluding hydrogens is 260 g/mol. The van der Waals surface area contributed by atoms with Crippen molar-refractivity contribution in [1.82, 2.24) is 0 Å². The summed E-state index contributed by atoms with van der Waals surface area (Å²) in [5.41, 5.74) is 2.36. The molecule has 2 rings (SSSR count). The van der Waals surface area contributed by atoms with Gasteiger partial charge >= 0.3 is 0 Å². The molecule has 0 heterocycles. The van der Waals surface area contributed by atoms with Crippen molar-refractivity contribution < 1.29 is 4.74 Å². The third-order valence-electron chi connectivity index (χ3n) is 3.00. The van der Waals surface area contributed by atoms with Gasteiger partial charge in [-0.05, 0) is 24.1 Å². The quantitative estimate of drug-likeness (QED) is 0.577. The first-order valence-corrected chi connectivity index (χ1v) is 7.09. The highest BCUT2D eigenvalue weighted by molar-refractivity contribution is 5.82. The Morgan fingerprint density at radius 3 is 2.71 bits per heavy atom. The van der Waals surface area contributed by atoms with Crippen LogP contribution in [0.25, 0.3) is 0 Å². The molecule has 2 aromatic carbocycles. The van der Waals surface area contributed by atoms with Crippen molar-refractivity contribution in [2.45, 2.75) is 19.8 Å². The molecule has 0 aliphatic rings. The van der Waals surface area contributed by atoms with Gasteiger partial charge in [0, 0.05) is 12.3 Å². The van der Waals surface area contributed by atoms with Crippen LogP contribution in [0.4, 0.5) is 5.69 Å². The Hall–Kier alpha value is -2.60. The fraction of sp³-hybridized carbons (Fsp3) is 0.222. The molecule has 0 bridgehead atoms. The number of ether oxygens (including phenoxy) is 1. The lowest BCUT2D eigenvalue weighted by atomic mass is 10.2. The smallest absolute Gasteiger partial charge is 0.146 e. The van der Waals surface area contributed by atoms with Gasteiger partial charge in [-0.15, -0.1) is 0 Å². The fourth-order valence-corrected chi connectivity index (χ4v) is 1.82. The van der Waals surface area contributed by atoms with E-state index in [9.17, 15) is 0 Å². The summed E-state index contributed by atoms with van der Waals surface area (Å²) in [7, 11) is 0. The van der Waals surface area contributed by atoms with E-state index in [1.165, 1.54) is 0 Å². The SMILES string of the molecule is CCCCOc1cc(C#N)ccc1N=Cc1ccccc1. The summed E-state index contributed by atoms with van der Waals surface area (Å²) in [5, 5.41) is 8.99. The van der Waals surface area contributed by atoms with Gasteiger partial charge in [0.2, 0.25) is 0 Å². The number of unbranched alkanes of at least 4 members (excludes halogenated alkanes) is 1. The zero-order valence-electron chi connectivity index (χ0n) is 12.1. The van der Waals surface area contributed by atoms with Crippen LogP contribution in [0.15, 0.2) is 53.5 Å². The topological polar surface area (TPSA) is 45.4 Å². The molecule has 0 fully saturated rings. The Morgan fingerprint density at radius 1 is 1.19 bits per heavy atom. The van der Waals surface area contributed by atoms with Gasteiger partial charge in [-0.3, -0.25) is 4.99 Å². The highest BCUT2D eigenvalue weighted by Gasteiger charge is 2.04. The average Bonchev–Trinajstić information content (AvgIpc) is 2.54. The first kappa shape index (κ1) is 14.8. The summed E-state index contributed by atoms with van der Waals surface area (Å²) in [6, 6.07) is 17.3. The van der Waals surface area contributed by atoms with Crippen molar-refractivity contribution in [3.8, 4) is 11.8 Å². The third kappa shape index (κ3) is 4.47. The number of benzene rings is 2. The second-order valence-electron chi connectivity index (χ2n) is 4.67. The maximum Gasteiger partial charge on any atom is 0.146 e. The highest BCUT2D eigenvalue weighted by Crippen LogP contribution is 2.28. The predicted molar refractivity (Wildman–Crippen MR) is 85.3 cm³/mol. The van der Waals surface area contributed by atoms with E-state index in [0.29, 0.717) is 17.9 Å². The maximum atomic E-state index is 8.99. The van der Waals surface area contributed by atoms with Crippen LogP contribution in [0.2, 0.25) is 0 Å². The molecule has 0 N–H and O–H groups in total. The Labute approximate surface area is 125 Å². The molecular formula is C18H18N2O. The molecule has 0 spiro atoms. The normalized spacial score (nSPS) is 10.5. The number of nitrogens with zero attached hydrogens (tertiary/aromatic N) is 2. The van der Waals surface area contributed by atoms with Crippen LogP contribution in [0.3, 0.4) is 0 Å². The van der Waals surface area contributed by atoms with Crippen LogP contribution in [0, 0.1) is 11.3 Å². The molecule has 0 unspecified atom stereocenters. The second-order valence-corrected chi connectivity index (χ2v) is 4.67. The van der Waals surface area contributed by atoms with Crippen molar-refractivity contribution in [3.63, 3.8) is 0 Å². The minimum Gasteiger partial charge on any atom is -0.491 e. The van der Waals surface area contributed by atoms with E-state index in [2.05, 4.69) is 18.0 Å². The summed E-state index contributed by atoms with van der Waals surface area (Å²) in [6.45, 7) is 2.75. The molecule has 0 aliphatic carbocycles. The van der Waals surface area contributed by atoms with Crippen molar-refractivity contribution in [2.24, 2.45) is 4.99 Å². The van der Waals surface area contributed by atoms with E-state index in [1.54, 1.807) is 18.3 Å². The minimum absolute atomic E-state index is 0.583. The van der Waals surface area contributed by atoms with Crippen LogP contribution in [0.1, 0.15) is 30.9 Å². The molecule has 3 nitrogen and oxygen atoms in total. The number of nitriles is 1. The van der Waals surface area contributed by atoms with E-state index in [4.69, 9.17) is 10.00 Å². The van der Waals surface area contributed by atoms with Crippen LogP contribution in [-0.2, 0) is 0 Å². The Kier molecular flexibility index (Phi) is 5.54. The minimum atomic E-state index is 0.583. The highest BCUT2D eigenvalue weighted by atomic mass is 16.5. The van der Waals surface area contributed by atoms with Gasteiger partial charge in [-0.1, -0.05) is 43.7 Å². The molecule has 106 valence electrons. The van der Waals surface area contributed by atoms with E-state index < -0.39 is 0 Å². The van der Waals surface area contributed by atoms with Gasteiger partial charge in [-0.25, -0.2) is 0 Å². The predicted octanol–water partition coefficient (Wildman–Crippen LogP) is 4.49. The van der Waals surface area contributed by atoms with Crippen LogP contribution in [-0.4, -0.2) is 12.8 Å². The molecule has 3 heteroatoms. The van der Waals surface area contributed by atoms with Crippen molar-refractivity contribution in [1.29, 1.82) is 5.26 Å². The van der Waals surface area contributed by atoms with Gasteiger partial charge in [0.05, 0.1) is 18.2 Å². The summed E-state index contributed by atoms with van der Waals surface area (Å²) in [5.74, 6) is 0.662. The van der Waals surface area contributed by atoms with E-state index in [1.807, 2.05) is 36.4 Å². The van der Waals surface area contributed by atoms with Crippen molar-refractivity contribution in [3.05, 3.63) is 59.7 Å². The zero-order chi connectivity index (χ0) is 14.9. The number of aliphatic imine (C=N–C) groups is 1. The Bertz CT molecular complexity index is 642. The number of hydrogen-bond acceptors (Lipinski definition) is 3. The molecule has 0 saturated heterocycles. The third-order valence-corrected chi connectivity index (χ3v) is 3.00. The van der Waals surface area contributed by atoms with Crippen LogP contribution < -0.4 is 4.74 Å². The molecule has 0 amide bonds. The number of rotatable bonds is 6. The molecule has 2 aromatic rings. The number of hydrogen-bond donors (Lipinski definition) is 0. The molecule has 21 heavy (non-hydrogen) atoms. The maximum absolute atomic E-state index is 8.99. The van der Waals surface area contributed by atoms with Gasteiger partial charge in [0.25, 0.3) is 0 Å². The van der Waals surface area contributed by atoms with Crippen LogP contribution in [0.5, 0.6) is 5.75 Å². The lowest BCUT2D eigenvalue weighted by Gasteiger charge is -2.08. The lowest BCUT2D eigenvalue weighted by molar-refractivity contribution is 0.310. The Morgan fingerprint density at radius 2 is 2.00 bits per heavy atom. The second kappa shape index (κ2) is 7.86. The van der Waals surface area contributed by atoms with Crippen molar-refractivity contribution in [2.75, 3.05) is 6.61 Å². The van der Waals surface area contributed by atoms with Gasteiger partial charge < -0.3 is 4.74 Å². The Balaban J connectivity index is 2.21. The summed E-state index contributed by atoms with van der Waals surface area (Å²) < 4.78 is 5.74. The molecule has 0 radical (unpaired) electrons. The molecule has 0 atom stereocenters. The van der Waals surface area contributed by atoms with E-state index in [-0.39, 0.29) is 0 Å². The monoisotopic (exact) mass is 278 g/mol. The van der Waals surface area contributed by atoms with Gasteiger partial charge in [-0.2, -0.15) is 5.26 Å². The first-order valence-electron chi connectivity index (χ1n) is 7.09. The van der Waals surface area contributed by atoms with Gasteiger partial charge in [0.1, 0.15) is 11.4 Å². The van der Waals surface area contributed by atoms with Crippen LogP contribution >= 0.6 is 0 Å². The van der Waals surface area contributed by atoms with E-state index >= 15 is 0 Å². The largest absolute Gasteiger partial charge is 0.491 e. The average molecular weight is 278 g/mol. The standard InChI is InChI=1S/C18H18N2O/c1-2-3-11-21-18-12-16(13-19)9-10-17(18)20-14-15-7-5-4-6-8-15/h4-10,12,14H,2-3,11H2,1H3. The molecule has 0 aliphatic heterocycles. The lowest BCUT2D eigenvalue weighted by Crippen LogP contribution is -1.97. The van der Waals surface area contributed by atoms with Gasteiger partial charge in [0.15, 0.2) is 0 Å². The fourth-order valence-electron chi connectivity index (χ4n) is 1.82. The summed E-state index contributed by atoms with van der Waals surface area (Å²) in [4.78, 5) is 4.47. The van der Waals surface area contributed by atoms with E-state index in [0.717, 1.165) is 24.1 Å². The molecule has 0 aromatic heterocycles. The summed E-state index contributed by atoms with van der Waals surface area (Å²) >= 11 is 0. The first-order chi connectivity index (χ1) is 10.3.